The second-order valence-corrected chi connectivity index (χ2v) is 6.80. The Labute approximate surface area is 170 Å². The first-order valence-electron chi connectivity index (χ1n) is 9.31. The number of aromatic hydroxyl groups is 1. The Balaban J connectivity index is 1.64. The quantitative estimate of drug-likeness (QED) is 0.410. The van der Waals surface area contributed by atoms with Crippen LogP contribution in [0.5, 0.6) is 5.75 Å². The van der Waals surface area contributed by atoms with Crippen LogP contribution >= 0.6 is 0 Å². The van der Waals surface area contributed by atoms with Crippen LogP contribution in [-0.2, 0) is 17.9 Å². The van der Waals surface area contributed by atoms with Crippen molar-refractivity contribution < 1.29 is 19.1 Å². The third-order valence-electron chi connectivity index (χ3n) is 4.83. The molecule has 2 aromatic carbocycles. The molecule has 152 valence electrons. The molecule has 2 heterocycles. The summed E-state index contributed by atoms with van der Waals surface area (Å²) in [7, 11) is 0. The largest absolute Gasteiger partial charge is 0.508 e. The van der Waals surface area contributed by atoms with E-state index in [0.29, 0.717) is 34.2 Å². The van der Waals surface area contributed by atoms with Gasteiger partial charge in [0, 0.05) is 29.6 Å². The highest BCUT2D eigenvalue weighted by atomic mass is 16.5. The van der Waals surface area contributed by atoms with E-state index in [0.717, 1.165) is 0 Å². The van der Waals surface area contributed by atoms with Crippen LogP contribution in [0.3, 0.4) is 0 Å². The Hall–Kier alpha value is -3.94. The Kier molecular flexibility index (Phi) is 4.83. The second kappa shape index (κ2) is 7.47. The summed E-state index contributed by atoms with van der Waals surface area (Å²) in [4.78, 5) is 40.8. The molecule has 0 amide bonds. The molecule has 0 saturated carbocycles. The third-order valence-corrected chi connectivity index (χ3v) is 4.83. The number of esters is 1. The molecule has 8 nitrogen and oxygen atoms in total. The van der Waals surface area contributed by atoms with Gasteiger partial charge in [-0.05, 0) is 44.2 Å². The van der Waals surface area contributed by atoms with Gasteiger partial charge in [0.05, 0.1) is 16.6 Å². The zero-order chi connectivity index (χ0) is 21.4. The van der Waals surface area contributed by atoms with Crippen molar-refractivity contribution in [2.24, 2.45) is 0 Å². The highest BCUT2D eigenvalue weighted by Gasteiger charge is 2.14. The Bertz CT molecular complexity index is 1420. The fourth-order valence-corrected chi connectivity index (χ4v) is 3.38. The molecule has 0 fully saturated rings. The number of benzene rings is 2. The van der Waals surface area contributed by atoms with Gasteiger partial charge in [-0.1, -0.05) is 0 Å². The van der Waals surface area contributed by atoms with Gasteiger partial charge in [-0.15, -0.1) is 0 Å². The van der Waals surface area contributed by atoms with Gasteiger partial charge in [-0.2, -0.15) is 0 Å². The SMILES string of the molecule is CCn1c(=O)c(C)nc2cc(C(=O)OCc3cc(=O)oc4cc(O)ccc34)ccc21. The Morgan fingerprint density at radius 2 is 1.97 bits per heavy atom. The number of carbonyl (C=O) groups is 1. The van der Waals surface area contributed by atoms with Crippen molar-refractivity contribution in [3.63, 3.8) is 0 Å². The summed E-state index contributed by atoms with van der Waals surface area (Å²) in [6, 6.07) is 10.4. The van der Waals surface area contributed by atoms with E-state index in [9.17, 15) is 19.5 Å². The predicted molar refractivity (Wildman–Crippen MR) is 110 cm³/mol. The minimum absolute atomic E-state index is 0.0377. The predicted octanol–water partition coefficient (Wildman–Crippen LogP) is 2.89. The lowest BCUT2D eigenvalue weighted by atomic mass is 10.1. The lowest BCUT2D eigenvalue weighted by molar-refractivity contribution is 0.0474. The van der Waals surface area contributed by atoms with Crippen LogP contribution in [0.25, 0.3) is 22.0 Å². The van der Waals surface area contributed by atoms with Gasteiger partial charge in [0.2, 0.25) is 0 Å². The van der Waals surface area contributed by atoms with Gasteiger partial charge >= 0.3 is 11.6 Å². The summed E-state index contributed by atoms with van der Waals surface area (Å²) in [5.41, 5.74) is 1.67. The Morgan fingerprint density at radius 3 is 2.73 bits per heavy atom. The van der Waals surface area contributed by atoms with E-state index >= 15 is 0 Å². The van der Waals surface area contributed by atoms with Crippen molar-refractivity contribution in [2.45, 2.75) is 27.0 Å². The molecule has 0 aliphatic carbocycles. The first kappa shape index (κ1) is 19.4. The fourth-order valence-electron chi connectivity index (χ4n) is 3.38. The maximum Gasteiger partial charge on any atom is 0.338 e. The van der Waals surface area contributed by atoms with E-state index in [1.807, 2.05) is 6.92 Å². The van der Waals surface area contributed by atoms with E-state index < -0.39 is 11.6 Å². The molecule has 0 spiro atoms. The monoisotopic (exact) mass is 406 g/mol. The van der Waals surface area contributed by atoms with Gasteiger partial charge in [0.15, 0.2) is 0 Å². The highest BCUT2D eigenvalue weighted by molar-refractivity contribution is 5.93. The van der Waals surface area contributed by atoms with Crippen LogP contribution in [0, 0.1) is 6.92 Å². The summed E-state index contributed by atoms with van der Waals surface area (Å²) >= 11 is 0. The van der Waals surface area contributed by atoms with Gasteiger partial charge in [0.1, 0.15) is 23.6 Å². The first-order valence-corrected chi connectivity index (χ1v) is 9.31. The zero-order valence-electron chi connectivity index (χ0n) is 16.3. The molecule has 0 bridgehead atoms. The number of aryl methyl sites for hydroxylation is 2. The molecule has 4 aromatic rings. The second-order valence-electron chi connectivity index (χ2n) is 6.80. The van der Waals surface area contributed by atoms with Crippen LogP contribution < -0.4 is 11.2 Å². The molecule has 0 aliphatic heterocycles. The highest BCUT2D eigenvalue weighted by Crippen LogP contribution is 2.23. The summed E-state index contributed by atoms with van der Waals surface area (Å²) < 4.78 is 12.1. The van der Waals surface area contributed by atoms with E-state index in [-0.39, 0.29) is 29.1 Å². The summed E-state index contributed by atoms with van der Waals surface area (Å²) in [6.07, 6.45) is 0. The maximum absolute atomic E-state index is 12.6. The van der Waals surface area contributed by atoms with Crippen LogP contribution in [0.2, 0.25) is 0 Å². The summed E-state index contributed by atoms with van der Waals surface area (Å²) in [6.45, 7) is 3.83. The normalized spacial score (nSPS) is 11.1. The molecule has 0 aliphatic rings. The zero-order valence-corrected chi connectivity index (χ0v) is 16.3. The summed E-state index contributed by atoms with van der Waals surface area (Å²) in [5, 5.41) is 10.1. The van der Waals surface area contributed by atoms with E-state index in [2.05, 4.69) is 4.98 Å². The van der Waals surface area contributed by atoms with E-state index in [4.69, 9.17) is 9.15 Å². The number of phenols is 1. The fraction of sp³-hybridized carbons (Fsp3) is 0.182. The van der Waals surface area contributed by atoms with Crippen LogP contribution in [-0.4, -0.2) is 20.6 Å². The molecular weight excluding hydrogens is 388 g/mol. The number of ether oxygens (including phenoxy) is 1. The van der Waals surface area contributed by atoms with Crippen molar-refractivity contribution in [1.29, 1.82) is 0 Å². The average molecular weight is 406 g/mol. The molecule has 0 unspecified atom stereocenters. The van der Waals surface area contributed by atoms with Crippen molar-refractivity contribution in [3.8, 4) is 5.75 Å². The molecule has 0 saturated heterocycles. The molecule has 0 atom stereocenters. The molecule has 2 aromatic heterocycles. The summed E-state index contributed by atoms with van der Waals surface area (Å²) in [5.74, 6) is -0.630. The van der Waals surface area contributed by atoms with Crippen LogP contribution in [0.1, 0.15) is 28.5 Å². The number of rotatable bonds is 4. The van der Waals surface area contributed by atoms with Crippen molar-refractivity contribution >= 4 is 28.0 Å². The van der Waals surface area contributed by atoms with Gasteiger partial charge in [-0.25, -0.2) is 14.6 Å². The van der Waals surface area contributed by atoms with Gasteiger partial charge in [-0.3, -0.25) is 4.79 Å². The maximum atomic E-state index is 12.6. The van der Waals surface area contributed by atoms with Crippen molar-refractivity contribution in [2.75, 3.05) is 0 Å². The number of carbonyl (C=O) groups excluding carboxylic acids is 1. The number of hydrogen-bond donors (Lipinski definition) is 1. The van der Waals surface area contributed by atoms with Crippen molar-refractivity contribution in [3.05, 3.63) is 80.1 Å². The molecule has 8 heteroatoms. The van der Waals surface area contributed by atoms with Gasteiger partial charge < -0.3 is 18.8 Å². The number of nitrogens with zero attached hydrogens (tertiary/aromatic N) is 2. The lowest BCUT2D eigenvalue weighted by Crippen LogP contribution is -2.23. The molecule has 30 heavy (non-hydrogen) atoms. The van der Waals surface area contributed by atoms with E-state index in [1.54, 1.807) is 35.8 Å². The smallest absolute Gasteiger partial charge is 0.338 e. The minimum Gasteiger partial charge on any atom is -0.508 e. The number of fused-ring (bicyclic) bond motifs is 2. The molecule has 4 rings (SSSR count). The molecular formula is C22H18N2O6. The minimum atomic E-state index is -0.609. The number of phenolic OH excluding ortho intramolecular Hbond substituents is 1. The topological polar surface area (TPSA) is 112 Å². The Morgan fingerprint density at radius 1 is 1.17 bits per heavy atom. The molecule has 1 N–H and O–H groups in total. The lowest BCUT2D eigenvalue weighted by Gasteiger charge is -2.11. The molecule has 0 radical (unpaired) electrons. The number of hydrogen-bond acceptors (Lipinski definition) is 7. The van der Waals surface area contributed by atoms with Crippen LogP contribution in [0.15, 0.2) is 56.5 Å². The average Bonchev–Trinajstić information content (AvgIpc) is 2.72. The third kappa shape index (κ3) is 3.43. The first-order chi connectivity index (χ1) is 14.4. The standard InChI is InChI=1S/C22H18N2O6/c1-3-24-18-7-4-13(8-17(18)23-12(2)21(24)27)22(28)29-11-14-9-20(26)30-19-10-15(25)5-6-16(14)19/h4-10,25H,3,11H2,1-2H3. The van der Waals surface area contributed by atoms with Gasteiger partial charge in [0.25, 0.3) is 5.56 Å². The number of aromatic nitrogens is 2. The van der Waals surface area contributed by atoms with E-state index in [1.165, 1.54) is 18.2 Å². The van der Waals surface area contributed by atoms with Crippen molar-refractivity contribution in [1.82, 2.24) is 9.55 Å². The van der Waals surface area contributed by atoms with Crippen LogP contribution in [0.4, 0.5) is 0 Å².